The Balaban J connectivity index is 1.68. The first kappa shape index (κ1) is 25.0. The SMILES string of the molecule is CCCCS(=O)(=O)N[C@H](Cc1ccc(C2CCN(c3ccncc3)CC2)cc1OC)C(=O)O. The Kier molecular flexibility index (Phi) is 8.68. The molecule has 8 nitrogen and oxygen atoms in total. The van der Waals surface area contributed by atoms with Gasteiger partial charge in [-0.05, 0) is 54.5 Å². The van der Waals surface area contributed by atoms with Crippen LogP contribution in [0, 0.1) is 0 Å². The number of ether oxygens (including phenoxy) is 1. The van der Waals surface area contributed by atoms with Crippen LogP contribution in [-0.4, -0.2) is 56.5 Å². The highest BCUT2D eigenvalue weighted by atomic mass is 32.2. The molecular formula is C24H33N3O5S. The molecule has 0 saturated carbocycles. The molecule has 3 rings (SSSR count). The molecule has 1 atom stereocenters. The Morgan fingerprint density at radius 3 is 2.55 bits per heavy atom. The Hall–Kier alpha value is -2.65. The molecule has 0 amide bonds. The third-order valence-electron chi connectivity index (χ3n) is 6.12. The fourth-order valence-corrected chi connectivity index (χ4v) is 5.62. The standard InChI is InChI=1S/C24H33N3O5S/c1-3-4-15-33(30,31)26-22(24(28)29)16-20-6-5-19(17-23(20)32-2)18-9-13-27(14-10-18)21-7-11-25-12-8-21/h5-8,11-12,17-18,22,26H,3-4,9-10,13-16H2,1-2H3,(H,28,29)/t22-/m1/s1. The average molecular weight is 476 g/mol. The summed E-state index contributed by atoms with van der Waals surface area (Å²) in [6.45, 7) is 3.78. The van der Waals surface area contributed by atoms with Crippen LogP contribution in [0.3, 0.4) is 0 Å². The van der Waals surface area contributed by atoms with Crippen LogP contribution in [0.5, 0.6) is 5.75 Å². The van der Waals surface area contributed by atoms with Gasteiger partial charge in [-0.15, -0.1) is 0 Å². The number of rotatable bonds is 11. The van der Waals surface area contributed by atoms with Crippen LogP contribution in [0.1, 0.15) is 49.7 Å². The van der Waals surface area contributed by atoms with E-state index in [9.17, 15) is 18.3 Å². The summed E-state index contributed by atoms with van der Waals surface area (Å²) in [7, 11) is -2.11. The minimum absolute atomic E-state index is 0.0185. The number of hydrogen-bond acceptors (Lipinski definition) is 6. The molecule has 180 valence electrons. The lowest BCUT2D eigenvalue weighted by atomic mass is 9.88. The number of unbranched alkanes of at least 4 members (excludes halogenated alkanes) is 1. The van der Waals surface area contributed by atoms with E-state index < -0.39 is 22.0 Å². The molecule has 0 bridgehead atoms. The largest absolute Gasteiger partial charge is 0.496 e. The smallest absolute Gasteiger partial charge is 0.322 e. The molecule has 1 fully saturated rings. The van der Waals surface area contributed by atoms with E-state index in [4.69, 9.17) is 4.74 Å². The van der Waals surface area contributed by atoms with E-state index >= 15 is 0 Å². The maximum atomic E-state index is 12.2. The predicted octanol–water partition coefficient (Wildman–Crippen LogP) is 3.19. The van der Waals surface area contributed by atoms with Gasteiger partial charge in [-0.2, -0.15) is 0 Å². The highest BCUT2D eigenvalue weighted by molar-refractivity contribution is 7.89. The van der Waals surface area contributed by atoms with Crippen LogP contribution >= 0.6 is 0 Å². The number of nitrogens with zero attached hydrogens (tertiary/aromatic N) is 2. The number of anilines is 1. The summed E-state index contributed by atoms with van der Waals surface area (Å²) < 4.78 is 32.3. The van der Waals surface area contributed by atoms with Gasteiger partial charge in [-0.3, -0.25) is 9.78 Å². The lowest BCUT2D eigenvalue weighted by Crippen LogP contribution is -2.43. The molecule has 0 unspecified atom stereocenters. The number of carboxylic acid groups (broad SMARTS) is 1. The number of sulfonamides is 1. The zero-order valence-electron chi connectivity index (χ0n) is 19.2. The molecule has 1 aliphatic heterocycles. The molecule has 1 aliphatic rings. The van der Waals surface area contributed by atoms with Crippen molar-refractivity contribution < 1.29 is 23.1 Å². The molecule has 1 aromatic heterocycles. The van der Waals surface area contributed by atoms with Gasteiger partial charge in [-0.25, -0.2) is 13.1 Å². The number of benzene rings is 1. The third-order valence-corrected chi connectivity index (χ3v) is 7.59. The van der Waals surface area contributed by atoms with Crippen LogP contribution in [-0.2, 0) is 21.2 Å². The fraction of sp³-hybridized carbons (Fsp3) is 0.500. The minimum Gasteiger partial charge on any atom is -0.496 e. The van der Waals surface area contributed by atoms with Gasteiger partial charge in [-0.1, -0.05) is 25.5 Å². The zero-order chi connectivity index (χ0) is 23.8. The summed E-state index contributed by atoms with van der Waals surface area (Å²) in [6.07, 6.45) is 6.83. The highest BCUT2D eigenvalue weighted by Crippen LogP contribution is 2.33. The van der Waals surface area contributed by atoms with Crippen molar-refractivity contribution in [1.82, 2.24) is 9.71 Å². The number of aromatic nitrogens is 1. The van der Waals surface area contributed by atoms with Crippen LogP contribution < -0.4 is 14.4 Å². The number of pyridine rings is 1. The molecular weight excluding hydrogens is 442 g/mol. The Labute approximate surface area is 196 Å². The molecule has 2 N–H and O–H groups in total. The number of carboxylic acids is 1. The average Bonchev–Trinajstić information content (AvgIpc) is 2.83. The van der Waals surface area contributed by atoms with Crippen LogP contribution in [0.15, 0.2) is 42.7 Å². The number of hydrogen-bond donors (Lipinski definition) is 2. The van der Waals surface area contributed by atoms with Gasteiger partial charge < -0.3 is 14.7 Å². The quantitative estimate of drug-likeness (QED) is 0.514. The first-order valence-corrected chi connectivity index (χ1v) is 13.0. The van der Waals surface area contributed by atoms with E-state index in [1.54, 1.807) is 19.5 Å². The maximum Gasteiger partial charge on any atom is 0.322 e. The summed E-state index contributed by atoms with van der Waals surface area (Å²) in [5, 5.41) is 9.59. The second-order valence-corrected chi connectivity index (χ2v) is 10.3. The maximum absolute atomic E-state index is 12.2. The van der Waals surface area contributed by atoms with Gasteiger partial charge >= 0.3 is 5.97 Å². The van der Waals surface area contributed by atoms with Crippen molar-refractivity contribution in [3.05, 3.63) is 53.9 Å². The Morgan fingerprint density at radius 1 is 1.24 bits per heavy atom. The number of methoxy groups -OCH3 is 1. The van der Waals surface area contributed by atoms with E-state index in [1.165, 1.54) is 5.69 Å². The van der Waals surface area contributed by atoms with Gasteiger partial charge in [0.15, 0.2) is 0 Å². The van der Waals surface area contributed by atoms with E-state index in [-0.39, 0.29) is 12.2 Å². The third kappa shape index (κ3) is 6.91. The summed E-state index contributed by atoms with van der Waals surface area (Å²) in [5.74, 6) is -0.316. The van der Waals surface area contributed by atoms with E-state index in [0.717, 1.165) is 37.9 Å². The molecule has 33 heavy (non-hydrogen) atoms. The first-order valence-electron chi connectivity index (χ1n) is 11.4. The molecule has 2 heterocycles. The normalized spacial score (nSPS) is 15.9. The van der Waals surface area contributed by atoms with Gasteiger partial charge in [0.05, 0.1) is 12.9 Å². The van der Waals surface area contributed by atoms with Crippen molar-refractivity contribution >= 4 is 21.7 Å². The Morgan fingerprint density at radius 2 is 1.94 bits per heavy atom. The van der Waals surface area contributed by atoms with E-state index in [0.29, 0.717) is 23.7 Å². The molecule has 0 spiro atoms. The van der Waals surface area contributed by atoms with Crippen molar-refractivity contribution in [2.24, 2.45) is 0 Å². The van der Waals surface area contributed by atoms with E-state index in [1.807, 2.05) is 37.3 Å². The van der Waals surface area contributed by atoms with Crippen molar-refractivity contribution in [1.29, 1.82) is 0 Å². The van der Waals surface area contributed by atoms with Gasteiger partial charge in [0.1, 0.15) is 11.8 Å². The topological polar surface area (TPSA) is 109 Å². The second kappa shape index (κ2) is 11.5. The minimum atomic E-state index is -3.66. The molecule has 9 heteroatoms. The lowest BCUT2D eigenvalue weighted by molar-refractivity contribution is -0.138. The number of aliphatic carboxylic acids is 1. The number of nitrogens with one attached hydrogen (secondary N) is 1. The van der Waals surface area contributed by atoms with Crippen LogP contribution in [0.2, 0.25) is 0 Å². The predicted molar refractivity (Wildman–Crippen MR) is 128 cm³/mol. The first-order chi connectivity index (χ1) is 15.8. The summed E-state index contributed by atoms with van der Waals surface area (Å²) in [6, 6.07) is 8.64. The monoisotopic (exact) mass is 475 g/mol. The second-order valence-electron chi connectivity index (χ2n) is 8.42. The Bertz CT molecular complexity index is 1020. The van der Waals surface area contributed by atoms with E-state index in [2.05, 4.69) is 14.6 Å². The fourth-order valence-electron chi connectivity index (χ4n) is 4.22. The molecule has 1 aromatic carbocycles. The molecule has 2 aromatic rings. The van der Waals surface area contributed by atoms with Crippen molar-refractivity contribution in [3.63, 3.8) is 0 Å². The zero-order valence-corrected chi connectivity index (χ0v) is 20.1. The molecule has 1 saturated heterocycles. The number of carbonyl (C=O) groups is 1. The van der Waals surface area contributed by atoms with Gasteiger partial charge in [0.2, 0.25) is 10.0 Å². The number of piperidine rings is 1. The van der Waals surface area contributed by atoms with Gasteiger partial charge in [0, 0.05) is 37.6 Å². The van der Waals surface area contributed by atoms with Crippen molar-refractivity contribution in [2.75, 3.05) is 30.9 Å². The summed E-state index contributed by atoms with van der Waals surface area (Å²) >= 11 is 0. The molecule has 0 radical (unpaired) electrons. The van der Waals surface area contributed by atoms with Crippen molar-refractivity contribution in [3.8, 4) is 5.75 Å². The lowest BCUT2D eigenvalue weighted by Gasteiger charge is -2.34. The summed E-state index contributed by atoms with van der Waals surface area (Å²) in [4.78, 5) is 18.2. The summed E-state index contributed by atoms with van der Waals surface area (Å²) in [5.41, 5.74) is 3.00. The van der Waals surface area contributed by atoms with Crippen molar-refractivity contribution in [2.45, 2.75) is 51.0 Å². The molecule has 0 aliphatic carbocycles. The van der Waals surface area contributed by atoms with Crippen LogP contribution in [0.4, 0.5) is 5.69 Å². The highest BCUT2D eigenvalue weighted by Gasteiger charge is 2.26. The van der Waals surface area contributed by atoms with Crippen LogP contribution in [0.25, 0.3) is 0 Å². The van der Waals surface area contributed by atoms with Gasteiger partial charge in [0.25, 0.3) is 0 Å².